The minimum atomic E-state index is -4.87. The maximum Gasteiger partial charge on any atom is 0.406 e. The molecule has 1 heterocycles. The fourth-order valence-corrected chi connectivity index (χ4v) is 2.28. The summed E-state index contributed by atoms with van der Waals surface area (Å²) in [5.41, 5.74) is -2.74. The van der Waals surface area contributed by atoms with Gasteiger partial charge in [-0.15, -0.1) is 0 Å². The van der Waals surface area contributed by atoms with E-state index in [1.165, 1.54) is 6.92 Å². The summed E-state index contributed by atoms with van der Waals surface area (Å²) in [6, 6.07) is 0. The van der Waals surface area contributed by atoms with Crippen molar-refractivity contribution in [1.82, 2.24) is 10.2 Å². The van der Waals surface area contributed by atoms with Crippen LogP contribution in [0.4, 0.5) is 26.3 Å². The molecule has 0 aromatic heterocycles. The van der Waals surface area contributed by atoms with Gasteiger partial charge in [0.2, 0.25) is 5.91 Å². The summed E-state index contributed by atoms with van der Waals surface area (Å²) in [5.74, 6) is -1.49. The lowest BCUT2D eigenvalue weighted by Crippen LogP contribution is -2.55. The predicted octanol–water partition coefficient (Wildman–Crippen LogP) is 2.33. The van der Waals surface area contributed by atoms with Gasteiger partial charge in [-0.05, 0) is 19.4 Å². The normalized spacial score (nSPS) is 23.9. The number of nitrogens with one attached hydrogen (secondary N) is 1. The van der Waals surface area contributed by atoms with Crippen LogP contribution >= 0.6 is 0 Å². The van der Waals surface area contributed by atoms with E-state index in [-0.39, 0.29) is 24.4 Å². The van der Waals surface area contributed by atoms with Crippen LogP contribution in [0, 0.1) is 5.41 Å². The van der Waals surface area contributed by atoms with Gasteiger partial charge in [0.15, 0.2) is 5.41 Å². The van der Waals surface area contributed by atoms with Crippen molar-refractivity contribution in [2.45, 2.75) is 32.1 Å². The van der Waals surface area contributed by atoms with Crippen molar-refractivity contribution in [2.24, 2.45) is 5.41 Å². The highest BCUT2D eigenvalue weighted by Gasteiger charge is 2.62. The van der Waals surface area contributed by atoms with Crippen LogP contribution in [-0.4, -0.2) is 49.3 Å². The monoisotopic (exact) mass is 306 g/mol. The van der Waals surface area contributed by atoms with Gasteiger partial charge in [0, 0.05) is 13.1 Å². The number of hydrogen-bond donors (Lipinski definition) is 1. The van der Waals surface area contributed by atoms with E-state index in [4.69, 9.17) is 0 Å². The molecule has 1 atom stereocenters. The lowest BCUT2D eigenvalue weighted by Gasteiger charge is -2.35. The molecule has 1 rings (SSSR count). The Morgan fingerprint density at radius 2 is 1.85 bits per heavy atom. The van der Waals surface area contributed by atoms with Crippen LogP contribution in [0.15, 0.2) is 0 Å². The Morgan fingerprint density at radius 1 is 1.25 bits per heavy atom. The molecule has 9 heteroatoms. The molecular formula is C11H16F6N2O. The summed E-state index contributed by atoms with van der Waals surface area (Å²) in [7, 11) is 0. The minimum absolute atomic E-state index is 0.0444. The lowest BCUT2D eigenvalue weighted by atomic mass is 9.84. The molecule has 0 bridgehead atoms. The summed E-state index contributed by atoms with van der Waals surface area (Å²) in [5, 5.41) is 2.41. The van der Waals surface area contributed by atoms with Gasteiger partial charge in [0.25, 0.3) is 0 Å². The van der Waals surface area contributed by atoms with E-state index >= 15 is 0 Å². The van der Waals surface area contributed by atoms with E-state index in [0.29, 0.717) is 0 Å². The molecular weight excluding hydrogens is 290 g/mol. The highest BCUT2D eigenvalue weighted by atomic mass is 19.4. The Labute approximate surface area is 112 Å². The number of carbonyl (C=O) groups excluding carboxylic acids is 1. The van der Waals surface area contributed by atoms with Crippen molar-refractivity contribution >= 4 is 5.91 Å². The third kappa shape index (κ3) is 3.56. The molecule has 0 aliphatic carbocycles. The number of amides is 1. The van der Waals surface area contributed by atoms with Crippen LogP contribution in [0.5, 0.6) is 0 Å². The predicted molar refractivity (Wildman–Crippen MR) is 58.9 cm³/mol. The second kappa shape index (κ2) is 5.79. The van der Waals surface area contributed by atoms with Crippen molar-refractivity contribution in [3.05, 3.63) is 0 Å². The first-order valence-corrected chi connectivity index (χ1v) is 6.17. The molecule has 1 saturated heterocycles. The van der Waals surface area contributed by atoms with E-state index in [1.807, 2.05) is 0 Å². The number of alkyl halides is 6. The number of hydrogen-bond acceptors (Lipinski definition) is 2. The zero-order valence-corrected chi connectivity index (χ0v) is 10.9. The fourth-order valence-electron chi connectivity index (χ4n) is 2.28. The van der Waals surface area contributed by atoms with Gasteiger partial charge < -0.3 is 10.2 Å². The van der Waals surface area contributed by atoms with Gasteiger partial charge in [-0.25, -0.2) is 0 Å². The van der Waals surface area contributed by atoms with Crippen LogP contribution in [0.3, 0.4) is 0 Å². The largest absolute Gasteiger partial charge is 0.406 e. The van der Waals surface area contributed by atoms with E-state index in [1.54, 1.807) is 0 Å². The molecule has 0 aromatic carbocycles. The third-order valence-electron chi connectivity index (χ3n) is 3.26. The van der Waals surface area contributed by atoms with Crippen molar-refractivity contribution < 1.29 is 31.1 Å². The highest BCUT2D eigenvalue weighted by Crippen LogP contribution is 2.44. The Bertz CT molecular complexity index is 346. The van der Waals surface area contributed by atoms with Gasteiger partial charge in [-0.2, -0.15) is 26.3 Å². The molecule has 1 N–H and O–H groups in total. The molecule has 1 fully saturated rings. The molecule has 1 amide bonds. The molecule has 0 aromatic rings. The molecule has 1 aliphatic rings. The second-order valence-corrected chi connectivity index (χ2v) is 4.85. The van der Waals surface area contributed by atoms with E-state index in [2.05, 4.69) is 5.32 Å². The van der Waals surface area contributed by atoms with Crippen molar-refractivity contribution in [3.8, 4) is 0 Å². The Morgan fingerprint density at radius 3 is 2.20 bits per heavy atom. The zero-order valence-electron chi connectivity index (χ0n) is 10.9. The van der Waals surface area contributed by atoms with Gasteiger partial charge in [-0.3, -0.25) is 4.79 Å². The summed E-state index contributed by atoms with van der Waals surface area (Å²) in [6.45, 7) is -1.22. The molecule has 1 aliphatic heterocycles. The van der Waals surface area contributed by atoms with Crippen molar-refractivity contribution in [2.75, 3.05) is 26.2 Å². The van der Waals surface area contributed by atoms with Crippen LogP contribution in [-0.2, 0) is 4.79 Å². The third-order valence-corrected chi connectivity index (χ3v) is 3.26. The molecule has 0 spiro atoms. The maximum absolute atomic E-state index is 13.1. The number of rotatable bonds is 4. The average molecular weight is 306 g/mol. The molecule has 1 unspecified atom stereocenters. The summed E-state index contributed by atoms with van der Waals surface area (Å²) >= 11 is 0. The van der Waals surface area contributed by atoms with Gasteiger partial charge in [0.05, 0.1) is 0 Å². The molecule has 0 radical (unpaired) electrons. The van der Waals surface area contributed by atoms with Crippen LogP contribution < -0.4 is 5.32 Å². The Hall–Kier alpha value is -0.990. The first-order chi connectivity index (χ1) is 9.03. The van der Waals surface area contributed by atoms with Gasteiger partial charge in [-0.1, -0.05) is 6.92 Å². The standard InChI is InChI=1S/C11H16F6N2O/c1-2-5-19(7-10(12,13)14)8(20)9(11(15,16)17)3-4-18-6-9/h18H,2-7H2,1H3. The average Bonchev–Trinajstić information content (AvgIpc) is 2.75. The number of halogens is 6. The Kier molecular flexibility index (Phi) is 4.94. The summed E-state index contributed by atoms with van der Waals surface area (Å²) in [6.07, 6.45) is -9.97. The molecule has 0 saturated carbocycles. The highest BCUT2D eigenvalue weighted by molar-refractivity contribution is 5.84. The topological polar surface area (TPSA) is 32.3 Å². The quantitative estimate of drug-likeness (QED) is 0.809. The lowest BCUT2D eigenvalue weighted by molar-refractivity contribution is -0.226. The van der Waals surface area contributed by atoms with Gasteiger partial charge >= 0.3 is 12.4 Å². The van der Waals surface area contributed by atoms with Gasteiger partial charge in [0.1, 0.15) is 6.54 Å². The van der Waals surface area contributed by atoms with E-state index < -0.39 is 43.2 Å². The smallest absolute Gasteiger partial charge is 0.333 e. The van der Waals surface area contributed by atoms with Crippen LogP contribution in [0.2, 0.25) is 0 Å². The van der Waals surface area contributed by atoms with Crippen molar-refractivity contribution in [3.63, 3.8) is 0 Å². The molecule has 118 valence electrons. The number of carbonyl (C=O) groups is 1. The van der Waals surface area contributed by atoms with Crippen molar-refractivity contribution in [1.29, 1.82) is 0 Å². The SMILES string of the molecule is CCCN(CC(F)(F)F)C(=O)C1(C(F)(F)F)CCNC1. The summed E-state index contributed by atoms with van der Waals surface area (Å²) in [4.78, 5) is 12.3. The van der Waals surface area contributed by atoms with Crippen LogP contribution in [0.1, 0.15) is 19.8 Å². The minimum Gasteiger partial charge on any atom is -0.333 e. The molecule has 20 heavy (non-hydrogen) atoms. The Balaban J connectivity index is 3.02. The fraction of sp³-hybridized carbons (Fsp3) is 0.909. The first kappa shape index (κ1) is 17.1. The maximum atomic E-state index is 13.1. The van der Waals surface area contributed by atoms with E-state index in [9.17, 15) is 31.1 Å². The summed E-state index contributed by atoms with van der Waals surface area (Å²) < 4.78 is 76.6. The number of nitrogens with zero attached hydrogens (tertiary/aromatic N) is 1. The van der Waals surface area contributed by atoms with E-state index in [0.717, 1.165) is 0 Å². The molecule has 3 nitrogen and oxygen atoms in total. The van der Waals surface area contributed by atoms with Crippen LogP contribution in [0.25, 0.3) is 0 Å². The second-order valence-electron chi connectivity index (χ2n) is 4.85. The first-order valence-electron chi connectivity index (χ1n) is 6.17. The zero-order chi connectivity index (χ0) is 15.6.